The standard InChI is InChI=1S/C20H23ClF3N5O/c1-30-15-9-29(10-15)14-2-3-17-16(7-14)18(28-19(21)27-17)26-8-11-4-12(20(22,23)24)6-13(25)5-11/h4-6,14-15H,2-3,7-10,25H2,1H3,(H,26,27,28). The van der Waals surface area contributed by atoms with Gasteiger partial charge < -0.3 is 15.8 Å². The Bertz CT molecular complexity index is 933. The number of aromatic nitrogens is 2. The number of nitrogens with zero attached hydrogens (tertiary/aromatic N) is 3. The Morgan fingerprint density at radius 2 is 2.03 bits per heavy atom. The number of aryl methyl sites for hydroxylation is 1. The van der Waals surface area contributed by atoms with Crippen LogP contribution < -0.4 is 11.1 Å². The van der Waals surface area contributed by atoms with E-state index < -0.39 is 11.7 Å². The summed E-state index contributed by atoms with van der Waals surface area (Å²) in [6.07, 6.45) is -1.67. The Morgan fingerprint density at radius 1 is 1.27 bits per heavy atom. The molecule has 0 spiro atoms. The molecular weight excluding hydrogens is 419 g/mol. The Kier molecular flexibility index (Phi) is 5.78. The number of nitrogen functional groups attached to an aromatic ring is 1. The highest BCUT2D eigenvalue weighted by molar-refractivity contribution is 6.28. The van der Waals surface area contributed by atoms with Gasteiger partial charge in [0.2, 0.25) is 5.28 Å². The maximum absolute atomic E-state index is 13.1. The van der Waals surface area contributed by atoms with E-state index in [-0.39, 0.29) is 23.6 Å². The fourth-order valence-corrected chi connectivity index (χ4v) is 4.29. The second-order valence-electron chi connectivity index (χ2n) is 7.79. The highest BCUT2D eigenvalue weighted by atomic mass is 35.5. The molecule has 0 amide bonds. The number of anilines is 2. The normalized spacial score (nSPS) is 20.0. The lowest BCUT2D eigenvalue weighted by molar-refractivity contribution is -0.137. The predicted octanol–water partition coefficient (Wildman–Crippen LogP) is 3.53. The fourth-order valence-electron chi connectivity index (χ4n) is 4.11. The van der Waals surface area contributed by atoms with E-state index in [1.807, 2.05) is 0 Å². The molecule has 4 rings (SSSR count). The van der Waals surface area contributed by atoms with Crippen LogP contribution in [0.1, 0.15) is 28.8 Å². The zero-order chi connectivity index (χ0) is 21.5. The van der Waals surface area contributed by atoms with Gasteiger partial charge in [-0.1, -0.05) is 0 Å². The number of nitrogens with two attached hydrogens (primary N) is 1. The van der Waals surface area contributed by atoms with Crippen LogP contribution in [0, 0.1) is 0 Å². The van der Waals surface area contributed by atoms with Gasteiger partial charge in [0.05, 0.1) is 17.4 Å². The molecule has 0 bridgehead atoms. The maximum Gasteiger partial charge on any atom is 0.416 e. The number of ether oxygens (including phenoxy) is 1. The van der Waals surface area contributed by atoms with Gasteiger partial charge in [-0.15, -0.1) is 0 Å². The van der Waals surface area contributed by atoms with Crippen LogP contribution in [0.25, 0.3) is 0 Å². The van der Waals surface area contributed by atoms with Crippen LogP contribution >= 0.6 is 11.6 Å². The summed E-state index contributed by atoms with van der Waals surface area (Å²) in [5.41, 5.74) is 7.24. The van der Waals surface area contributed by atoms with Gasteiger partial charge in [0.1, 0.15) is 5.82 Å². The van der Waals surface area contributed by atoms with Crippen LogP contribution in [-0.4, -0.2) is 47.2 Å². The number of alkyl halides is 3. The molecule has 3 N–H and O–H groups in total. The molecule has 0 radical (unpaired) electrons. The lowest BCUT2D eigenvalue weighted by atomic mass is 9.89. The highest BCUT2D eigenvalue weighted by Crippen LogP contribution is 2.33. The van der Waals surface area contributed by atoms with Crippen molar-refractivity contribution in [3.63, 3.8) is 0 Å². The van der Waals surface area contributed by atoms with Crippen molar-refractivity contribution in [1.82, 2.24) is 14.9 Å². The number of benzene rings is 1. The molecule has 2 heterocycles. The molecule has 1 aromatic heterocycles. The van der Waals surface area contributed by atoms with E-state index in [4.69, 9.17) is 22.1 Å². The molecule has 1 aromatic carbocycles. The third-order valence-corrected chi connectivity index (χ3v) is 5.92. The zero-order valence-corrected chi connectivity index (χ0v) is 17.2. The molecule has 2 aliphatic rings. The smallest absolute Gasteiger partial charge is 0.399 e. The number of hydrogen-bond acceptors (Lipinski definition) is 6. The van der Waals surface area contributed by atoms with E-state index in [1.54, 1.807) is 7.11 Å². The summed E-state index contributed by atoms with van der Waals surface area (Å²) in [5, 5.41) is 3.28. The molecular formula is C20H23ClF3N5O. The summed E-state index contributed by atoms with van der Waals surface area (Å²) in [5.74, 6) is 0.564. The lowest BCUT2D eigenvalue weighted by Gasteiger charge is -2.45. The number of methoxy groups -OCH3 is 1. The van der Waals surface area contributed by atoms with Gasteiger partial charge in [-0.3, -0.25) is 4.90 Å². The number of likely N-dealkylation sites (tertiary alicyclic amines) is 1. The first kappa shape index (κ1) is 21.1. The number of nitrogens with one attached hydrogen (secondary N) is 1. The first-order valence-electron chi connectivity index (χ1n) is 9.75. The minimum atomic E-state index is -4.45. The molecule has 1 aliphatic carbocycles. The maximum atomic E-state index is 13.1. The minimum Gasteiger partial charge on any atom is -0.399 e. The van der Waals surface area contributed by atoms with Crippen LogP contribution in [0.4, 0.5) is 24.7 Å². The molecule has 1 atom stereocenters. The van der Waals surface area contributed by atoms with Gasteiger partial charge in [0.15, 0.2) is 0 Å². The zero-order valence-electron chi connectivity index (χ0n) is 16.5. The van der Waals surface area contributed by atoms with Crippen LogP contribution in [-0.2, 0) is 30.3 Å². The first-order chi connectivity index (χ1) is 14.2. The van der Waals surface area contributed by atoms with E-state index in [9.17, 15) is 13.2 Å². The minimum absolute atomic E-state index is 0.0647. The molecule has 10 heteroatoms. The number of hydrogen-bond donors (Lipinski definition) is 2. The Morgan fingerprint density at radius 3 is 2.73 bits per heavy atom. The molecule has 1 saturated heterocycles. The van der Waals surface area contributed by atoms with Crippen molar-refractivity contribution in [2.24, 2.45) is 0 Å². The SMILES string of the molecule is COC1CN(C2CCc3nc(Cl)nc(NCc4cc(N)cc(C(F)(F)F)c4)c3C2)C1. The van der Waals surface area contributed by atoms with Crippen molar-refractivity contribution in [1.29, 1.82) is 0 Å². The molecule has 6 nitrogen and oxygen atoms in total. The van der Waals surface area contributed by atoms with Gasteiger partial charge in [-0.25, -0.2) is 9.97 Å². The monoisotopic (exact) mass is 441 g/mol. The Hall–Kier alpha value is -2.10. The first-order valence-corrected chi connectivity index (χ1v) is 10.1. The average Bonchev–Trinajstić information content (AvgIpc) is 2.64. The second kappa shape index (κ2) is 8.20. The number of halogens is 4. The summed E-state index contributed by atoms with van der Waals surface area (Å²) >= 11 is 6.09. The largest absolute Gasteiger partial charge is 0.416 e. The van der Waals surface area contributed by atoms with Crippen molar-refractivity contribution in [3.8, 4) is 0 Å². The lowest BCUT2D eigenvalue weighted by Crippen LogP contribution is -2.57. The van der Waals surface area contributed by atoms with E-state index in [1.165, 1.54) is 6.07 Å². The van der Waals surface area contributed by atoms with Gasteiger partial charge in [0.25, 0.3) is 0 Å². The van der Waals surface area contributed by atoms with Crippen LogP contribution in [0.3, 0.4) is 0 Å². The van der Waals surface area contributed by atoms with Gasteiger partial charge >= 0.3 is 6.18 Å². The quantitative estimate of drug-likeness (QED) is 0.546. The summed E-state index contributed by atoms with van der Waals surface area (Å²) in [4.78, 5) is 11.0. The summed E-state index contributed by atoms with van der Waals surface area (Å²) in [7, 11) is 1.72. The number of rotatable bonds is 5. The van der Waals surface area contributed by atoms with E-state index in [0.717, 1.165) is 55.7 Å². The topological polar surface area (TPSA) is 76.3 Å². The van der Waals surface area contributed by atoms with Crippen molar-refractivity contribution < 1.29 is 17.9 Å². The highest BCUT2D eigenvalue weighted by Gasteiger charge is 2.35. The average molecular weight is 442 g/mol. The van der Waals surface area contributed by atoms with Crippen LogP contribution in [0.15, 0.2) is 18.2 Å². The molecule has 1 fully saturated rings. The summed E-state index contributed by atoms with van der Waals surface area (Å²) < 4.78 is 44.6. The molecule has 0 saturated carbocycles. The van der Waals surface area contributed by atoms with Crippen molar-refractivity contribution in [3.05, 3.63) is 45.9 Å². The van der Waals surface area contributed by atoms with Crippen molar-refractivity contribution in [2.45, 2.75) is 44.1 Å². The van der Waals surface area contributed by atoms with E-state index in [0.29, 0.717) is 17.4 Å². The van der Waals surface area contributed by atoms with Crippen LogP contribution in [0.2, 0.25) is 5.28 Å². The molecule has 162 valence electrons. The molecule has 30 heavy (non-hydrogen) atoms. The van der Waals surface area contributed by atoms with Crippen molar-refractivity contribution in [2.75, 3.05) is 31.2 Å². The third kappa shape index (κ3) is 4.48. The Labute approximate surface area is 177 Å². The summed E-state index contributed by atoms with van der Waals surface area (Å²) in [6.45, 7) is 1.95. The third-order valence-electron chi connectivity index (χ3n) is 5.75. The molecule has 1 aliphatic heterocycles. The predicted molar refractivity (Wildman–Crippen MR) is 108 cm³/mol. The molecule has 1 unspecified atom stereocenters. The van der Waals surface area contributed by atoms with Gasteiger partial charge in [-0.2, -0.15) is 13.2 Å². The fraction of sp³-hybridized carbons (Fsp3) is 0.500. The van der Waals surface area contributed by atoms with E-state index in [2.05, 4.69) is 20.2 Å². The van der Waals surface area contributed by atoms with Gasteiger partial charge in [-0.05, 0) is 54.6 Å². The van der Waals surface area contributed by atoms with Crippen LogP contribution in [0.5, 0.6) is 0 Å². The second-order valence-corrected chi connectivity index (χ2v) is 8.13. The van der Waals surface area contributed by atoms with Gasteiger partial charge in [0, 0.05) is 44.0 Å². The number of fused-ring (bicyclic) bond motifs is 1. The summed E-state index contributed by atoms with van der Waals surface area (Å²) in [6, 6.07) is 3.90. The van der Waals surface area contributed by atoms with Crippen molar-refractivity contribution >= 4 is 23.1 Å². The van der Waals surface area contributed by atoms with E-state index >= 15 is 0 Å². The molecule has 2 aromatic rings. The Balaban J connectivity index is 1.52.